The number of thioether (sulfide) groups is 1. The highest BCUT2D eigenvalue weighted by molar-refractivity contribution is 7.98. The third-order valence-corrected chi connectivity index (χ3v) is 4.77. The van der Waals surface area contributed by atoms with Crippen LogP contribution in [-0.4, -0.2) is 57.1 Å². The monoisotopic (exact) mass is 323 g/mol. The van der Waals surface area contributed by atoms with Crippen LogP contribution in [0.1, 0.15) is 23.2 Å². The number of likely N-dealkylation sites (tertiary alicyclic amines) is 1. The number of methoxy groups -OCH3 is 1. The van der Waals surface area contributed by atoms with Crippen LogP contribution in [0.25, 0.3) is 0 Å². The first-order valence-electron chi connectivity index (χ1n) is 7.74. The number of amides is 1. The predicted molar refractivity (Wildman–Crippen MR) is 89.5 cm³/mol. The van der Waals surface area contributed by atoms with Gasteiger partial charge in [-0.15, -0.1) is 11.8 Å². The summed E-state index contributed by atoms with van der Waals surface area (Å²) in [7, 11) is 1.68. The lowest BCUT2D eigenvalue weighted by molar-refractivity contribution is 0.0327. The van der Waals surface area contributed by atoms with Gasteiger partial charge in [-0.25, -0.2) is 0 Å². The maximum Gasteiger partial charge on any atom is 0.253 e. The van der Waals surface area contributed by atoms with Crippen LogP contribution in [-0.2, 0) is 9.47 Å². The van der Waals surface area contributed by atoms with Crippen LogP contribution in [0.3, 0.4) is 0 Å². The first-order chi connectivity index (χ1) is 10.7. The van der Waals surface area contributed by atoms with Gasteiger partial charge < -0.3 is 14.4 Å². The standard InChI is InChI=1S/C17H25NO3S/c1-20-11-12-21-13-14-7-9-18(10-8-14)17(19)15-3-5-16(22-2)6-4-15/h3-6,14H,7-13H2,1-2H3. The van der Waals surface area contributed by atoms with Gasteiger partial charge in [-0.05, 0) is 49.3 Å². The van der Waals surface area contributed by atoms with E-state index in [0.717, 1.165) is 38.1 Å². The molecule has 0 unspecified atom stereocenters. The molecule has 5 heteroatoms. The lowest BCUT2D eigenvalue weighted by Gasteiger charge is -2.32. The van der Waals surface area contributed by atoms with Gasteiger partial charge in [0.25, 0.3) is 5.91 Å². The van der Waals surface area contributed by atoms with E-state index in [9.17, 15) is 4.79 Å². The minimum atomic E-state index is 0.145. The van der Waals surface area contributed by atoms with E-state index in [1.54, 1.807) is 18.9 Å². The third kappa shape index (κ3) is 5.00. The van der Waals surface area contributed by atoms with Crippen molar-refractivity contribution < 1.29 is 14.3 Å². The second-order valence-electron chi connectivity index (χ2n) is 5.53. The van der Waals surface area contributed by atoms with Crippen molar-refractivity contribution in [2.75, 3.05) is 46.3 Å². The normalized spacial score (nSPS) is 16.0. The van der Waals surface area contributed by atoms with Crippen LogP contribution in [0.5, 0.6) is 0 Å². The second kappa shape index (κ2) is 9.18. The Bertz CT molecular complexity index is 455. The van der Waals surface area contributed by atoms with Gasteiger partial charge in [0.2, 0.25) is 0 Å². The summed E-state index contributed by atoms with van der Waals surface area (Å²) in [5.41, 5.74) is 0.785. The quantitative estimate of drug-likeness (QED) is 0.571. The molecule has 1 amide bonds. The lowest BCUT2D eigenvalue weighted by atomic mass is 9.97. The summed E-state index contributed by atoms with van der Waals surface area (Å²) < 4.78 is 10.6. The summed E-state index contributed by atoms with van der Waals surface area (Å²) in [6, 6.07) is 7.87. The van der Waals surface area contributed by atoms with Crippen LogP contribution < -0.4 is 0 Å². The molecule has 0 radical (unpaired) electrons. The molecule has 0 aliphatic carbocycles. The van der Waals surface area contributed by atoms with Crippen LogP contribution >= 0.6 is 11.8 Å². The zero-order valence-corrected chi connectivity index (χ0v) is 14.2. The molecule has 1 saturated heterocycles. The van der Waals surface area contributed by atoms with Crippen LogP contribution in [0, 0.1) is 5.92 Å². The minimum absolute atomic E-state index is 0.145. The molecule has 0 bridgehead atoms. The summed E-state index contributed by atoms with van der Waals surface area (Å²) >= 11 is 1.69. The topological polar surface area (TPSA) is 38.8 Å². The Labute approximate surface area is 137 Å². The number of piperidine rings is 1. The fourth-order valence-corrected chi connectivity index (χ4v) is 3.02. The van der Waals surface area contributed by atoms with E-state index in [1.165, 1.54) is 4.90 Å². The number of nitrogens with zero attached hydrogens (tertiary/aromatic N) is 1. The van der Waals surface area contributed by atoms with Crippen molar-refractivity contribution in [3.05, 3.63) is 29.8 Å². The van der Waals surface area contributed by atoms with E-state index in [2.05, 4.69) is 0 Å². The van der Waals surface area contributed by atoms with Crippen LogP contribution in [0.2, 0.25) is 0 Å². The van der Waals surface area contributed by atoms with Crippen molar-refractivity contribution in [2.24, 2.45) is 5.92 Å². The molecular formula is C17H25NO3S. The smallest absolute Gasteiger partial charge is 0.253 e. The Morgan fingerprint density at radius 2 is 1.91 bits per heavy atom. The van der Waals surface area contributed by atoms with Crippen molar-refractivity contribution in [1.82, 2.24) is 4.90 Å². The number of hydrogen-bond donors (Lipinski definition) is 0. The number of benzene rings is 1. The molecule has 0 saturated carbocycles. The molecule has 0 N–H and O–H groups in total. The first kappa shape index (κ1) is 17.3. The van der Waals surface area contributed by atoms with Gasteiger partial charge in [0, 0.05) is 37.3 Å². The minimum Gasteiger partial charge on any atom is -0.382 e. The average molecular weight is 323 g/mol. The van der Waals surface area contributed by atoms with Crippen LogP contribution in [0.4, 0.5) is 0 Å². The van der Waals surface area contributed by atoms with Crippen molar-refractivity contribution in [2.45, 2.75) is 17.7 Å². The summed E-state index contributed by atoms with van der Waals surface area (Å²) in [5.74, 6) is 0.700. The Hall–Kier alpha value is -1.04. The molecule has 0 atom stereocenters. The molecular weight excluding hydrogens is 298 g/mol. The van der Waals surface area contributed by atoms with E-state index in [0.29, 0.717) is 19.1 Å². The Kier molecular flexibility index (Phi) is 7.22. The summed E-state index contributed by atoms with van der Waals surface area (Å²) in [4.78, 5) is 15.6. The third-order valence-electron chi connectivity index (χ3n) is 4.02. The van der Waals surface area contributed by atoms with Gasteiger partial charge >= 0.3 is 0 Å². The fraction of sp³-hybridized carbons (Fsp3) is 0.588. The van der Waals surface area contributed by atoms with Crippen molar-refractivity contribution >= 4 is 17.7 Å². The van der Waals surface area contributed by atoms with Crippen LogP contribution in [0.15, 0.2) is 29.2 Å². The molecule has 1 aliphatic heterocycles. The van der Waals surface area contributed by atoms with Crippen molar-refractivity contribution in [3.8, 4) is 0 Å². The summed E-state index contributed by atoms with van der Waals surface area (Å²) in [6.45, 7) is 3.71. The Morgan fingerprint density at radius 1 is 1.23 bits per heavy atom. The number of carbonyl (C=O) groups excluding carboxylic acids is 1. The lowest BCUT2D eigenvalue weighted by Crippen LogP contribution is -2.39. The predicted octanol–water partition coefficient (Wildman–Crippen LogP) is 2.92. The van der Waals surface area contributed by atoms with E-state index in [4.69, 9.17) is 9.47 Å². The highest BCUT2D eigenvalue weighted by Gasteiger charge is 2.23. The second-order valence-corrected chi connectivity index (χ2v) is 6.41. The van der Waals surface area contributed by atoms with Crippen molar-refractivity contribution in [3.63, 3.8) is 0 Å². The van der Waals surface area contributed by atoms with E-state index in [-0.39, 0.29) is 5.91 Å². The van der Waals surface area contributed by atoms with Gasteiger partial charge in [-0.3, -0.25) is 4.79 Å². The molecule has 0 spiro atoms. The number of hydrogen-bond acceptors (Lipinski definition) is 4. The first-order valence-corrected chi connectivity index (χ1v) is 8.97. The van der Waals surface area contributed by atoms with E-state index < -0.39 is 0 Å². The molecule has 4 nitrogen and oxygen atoms in total. The Morgan fingerprint density at radius 3 is 2.50 bits per heavy atom. The molecule has 1 aromatic carbocycles. The average Bonchev–Trinajstić information content (AvgIpc) is 2.59. The van der Waals surface area contributed by atoms with E-state index in [1.807, 2.05) is 35.4 Å². The summed E-state index contributed by atoms with van der Waals surface area (Å²) in [6.07, 6.45) is 4.07. The SMILES string of the molecule is COCCOCC1CCN(C(=O)c2ccc(SC)cc2)CC1. The molecule has 1 aliphatic rings. The highest BCUT2D eigenvalue weighted by atomic mass is 32.2. The molecule has 0 aromatic heterocycles. The molecule has 2 rings (SSSR count). The number of carbonyl (C=O) groups is 1. The highest BCUT2D eigenvalue weighted by Crippen LogP contribution is 2.21. The number of rotatable bonds is 7. The molecule has 1 heterocycles. The molecule has 22 heavy (non-hydrogen) atoms. The van der Waals surface area contributed by atoms with Gasteiger partial charge in [0.05, 0.1) is 13.2 Å². The maximum absolute atomic E-state index is 12.5. The van der Waals surface area contributed by atoms with E-state index >= 15 is 0 Å². The van der Waals surface area contributed by atoms with Gasteiger partial charge in [-0.2, -0.15) is 0 Å². The zero-order chi connectivity index (χ0) is 15.8. The van der Waals surface area contributed by atoms with Gasteiger partial charge in [0.1, 0.15) is 0 Å². The maximum atomic E-state index is 12.5. The number of ether oxygens (including phenoxy) is 2. The molecule has 122 valence electrons. The molecule has 1 aromatic rings. The molecule has 1 fully saturated rings. The summed E-state index contributed by atoms with van der Waals surface area (Å²) in [5, 5.41) is 0. The fourth-order valence-electron chi connectivity index (χ4n) is 2.61. The van der Waals surface area contributed by atoms with Gasteiger partial charge in [-0.1, -0.05) is 0 Å². The Balaban J connectivity index is 1.76. The van der Waals surface area contributed by atoms with Crippen molar-refractivity contribution in [1.29, 1.82) is 0 Å². The largest absolute Gasteiger partial charge is 0.382 e. The zero-order valence-electron chi connectivity index (χ0n) is 13.4. The van der Waals surface area contributed by atoms with Gasteiger partial charge in [0.15, 0.2) is 0 Å².